The lowest BCUT2D eigenvalue weighted by Crippen LogP contribution is -2.14. The molecule has 2 aromatic heterocycles. The summed E-state index contributed by atoms with van der Waals surface area (Å²) in [5.74, 6) is 1.33. The Hall–Kier alpha value is -1.14. The summed E-state index contributed by atoms with van der Waals surface area (Å²) < 4.78 is 25.2. The van der Waals surface area contributed by atoms with Crippen molar-refractivity contribution in [3.05, 3.63) is 23.7 Å². The Kier molecular flexibility index (Phi) is 3.02. The van der Waals surface area contributed by atoms with Crippen LogP contribution < -0.4 is 0 Å². The van der Waals surface area contributed by atoms with E-state index in [-0.39, 0.29) is 23.4 Å². The van der Waals surface area contributed by atoms with E-state index in [1.807, 2.05) is 23.6 Å². The van der Waals surface area contributed by atoms with Gasteiger partial charge < -0.3 is 4.57 Å². The molecule has 1 fully saturated rings. The molecule has 102 valence electrons. The Morgan fingerprint density at radius 2 is 2.21 bits per heavy atom. The van der Waals surface area contributed by atoms with Crippen LogP contribution in [-0.4, -0.2) is 34.5 Å². The maximum atomic E-state index is 11.7. The van der Waals surface area contributed by atoms with Crippen molar-refractivity contribution in [1.29, 1.82) is 0 Å². The molecule has 7 heteroatoms. The number of nitrogens with zero attached hydrogens (tertiary/aromatic N) is 3. The number of imidazole rings is 1. The second-order valence-corrected chi connectivity index (χ2v) is 7.38. The van der Waals surface area contributed by atoms with Crippen molar-refractivity contribution in [1.82, 2.24) is 14.5 Å². The van der Waals surface area contributed by atoms with Crippen molar-refractivity contribution in [2.45, 2.75) is 25.3 Å². The molecule has 0 amide bonds. The number of fused-ring (bicyclic) bond motifs is 1. The molecule has 1 saturated heterocycles. The summed E-state index contributed by atoms with van der Waals surface area (Å²) in [6.07, 6.45) is 0.604. The third-order valence-electron chi connectivity index (χ3n) is 3.44. The molecule has 19 heavy (non-hydrogen) atoms. The Balaban J connectivity index is 2.18. The molecule has 1 atom stereocenters. The molecule has 0 aromatic carbocycles. The van der Waals surface area contributed by atoms with Crippen LogP contribution in [0, 0.1) is 6.92 Å². The summed E-state index contributed by atoms with van der Waals surface area (Å²) >= 11 is 5.93. The van der Waals surface area contributed by atoms with Crippen LogP contribution in [0.2, 0.25) is 0 Å². The van der Waals surface area contributed by atoms with Crippen LogP contribution in [0.1, 0.15) is 24.0 Å². The standard InChI is InChI=1S/C12H14ClN3O2S/c1-8-2-3-10-12(14-8)16(11(6-13)15-10)9-4-5-19(17,18)7-9/h2-3,9H,4-7H2,1H3. The number of alkyl halides is 1. The van der Waals surface area contributed by atoms with Gasteiger partial charge in [-0.2, -0.15) is 0 Å². The average molecular weight is 300 g/mol. The lowest BCUT2D eigenvalue weighted by molar-refractivity contribution is 0.550. The van der Waals surface area contributed by atoms with Crippen LogP contribution in [0.5, 0.6) is 0 Å². The summed E-state index contributed by atoms with van der Waals surface area (Å²) in [6, 6.07) is 3.69. The highest BCUT2D eigenvalue weighted by Crippen LogP contribution is 2.29. The summed E-state index contributed by atoms with van der Waals surface area (Å²) in [4.78, 5) is 8.92. The van der Waals surface area contributed by atoms with Crippen molar-refractivity contribution in [2.24, 2.45) is 0 Å². The molecule has 0 aliphatic carbocycles. The molecular formula is C12H14ClN3O2S. The van der Waals surface area contributed by atoms with Gasteiger partial charge in [0.1, 0.15) is 11.3 Å². The number of hydrogen-bond donors (Lipinski definition) is 0. The minimum absolute atomic E-state index is 0.0990. The molecule has 0 saturated carbocycles. The van der Waals surface area contributed by atoms with Gasteiger partial charge in [-0.25, -0.2) is 18.4 Å². The molecule has 3 rings (SSSR count). The first-order chi connectivity index (χ1) is 9.00. The van der Waals surface area contributed by atoms with Crippen LogP contribution in [0.15, 0.2) is 12.1 Å². The summed E-state index contributed by atoms with van der Waals surface area (Å²) in [6.45, 7) is 1.91. The fourth-order valence-electron chi connectivity index (χ4n) is 2.57. The van der Waals surface area contributed by atoms with Crippen LogP contribution in [0.25, 0.3) is 11.2 Å². The number of pyridine rings is 1. The average Bonchev–Trinajstić information content (AvgIpc) is 2.88. The van der Waals surface area contributed by atoms with Crippen LogP contribution in [0.3, 0.4) is 0 Å². The van der Waals surface area contributed by atoms with Crippen LogP contribution in [0.4, 0.5) is 0 Å². The van der Waals surface area contributed by atoms with Crippen molar-refractivity contribution in [3.8, 4) is 0 Å². The molecule has 0 radical (unpaired) electrons. The van der Waals surface area contributed by atoms with Crippen molar-refractivity contribution >= 4 is 32.6 Å². The predicted octanol–water partition coefficient (Wildman–Crippen LogP) is 1.84. The number of halogens is 1. The van der Waals surface area contributed by atoms with E-state index in [2.05, 4.69) is 9.97 Å². The minimum atomic E-state index is -2.94. The van der Waals surface area contributed by atoms with E-state index in [4.69, 9.17) is 11.6 Å². The fraction of sp³-hybridized carbons (Fsp3) is 0.500. The molecular weight excluding hydrogens is 286 g/mol. The molecule has 3 heterocycles. The van der Waals surface area contributed by atoms with Gasteiger partial charge in [-0.3, -0.25) is 0 Å². The Labute approximate surface area is 116 Å². The molecule has 1 aliphatic rings. The van der Waals surface area contributed by atoms with Gasteiger partial charge in [-0.1, -0.05) is 0 Å². The van der Waals surface area contributed by atoms with Gasteiger partial charge in [0.05, 0.1) is 23.4 Å². The first kappa shape index (κ1) is 12.9. The normalized spacial score (nSPS) is 22.1. The molecule has 2 aromatic rings. The highest BCUT2D eigenvalue weighted by Gasteiger charge is 2.31. The van der Waals surface area contributed by atoms with Gasteiger partial charge in [0.15, 0.2) is 15.5 Å². The van der Waals surface area contributed by atoms with Crippen LogP contribution >= 0.6 is 11.6 Å². The van der Waals surface area contributed by atoms with Crippen LogP contribution in [-0.2, 0) is 15.7 Å². The molecule has 0 bridgehead atoms. The van der Waals surface area contributed by atoms with Crippen molar-refractivity contribution in [2.75, 3.05) is 11.5 Å². The Bertz CT molecular complexity index is 739. The van der Waals surface area contributed by atoms with E-state index >= 15 is 0 Å². The number of aromatic nitrogens is 3. The highest BCUT2D eigenvalue weighted by molar-refractivity contribution is 7.91. The molecule has 1 unspecified atom stereocenters. The van der Waals surface area contributed by atoms with Gasteiger partial charge >= 0.3 is 0 Å². The number of aryl methyl sites for hydroxylation is 1. The van der Waals surface area contributed by atoms with Gasteiger partial charge in [-0.05, 0) is 25.5 Å². The van der Waals surface area contributed by atoms with E-state index in [1.165, 1.54) is 0 Å². The monoisotopic (exact) mass is 299 g/mol. The van der Waals surface area contributed by atoms with Gasteiger partial charge in [-0.15, -0.1) is 11.6 Å². The Morgan fingerprint density at radius 3 is 2.84 bits per heavy atom. The molecule has 0 N–H and O–H groups in total. The smallest absolute Gasteiger partial charge is 0.160 e. The predicted molar refractivity (Wildman–Crippen MR) is 74.1 cm³/mol. The summed E-state index contributed by atoms with van der Waals surface area (Å²) in [7, 11) is -2.94. The van der Waals surface area contributed by atoms with Gasteiger partial charge in [0.2, 0.25) is 0 Å². The third kappa shape index (κ3) is 2.23. The lowest BCUT2D eigenvalue weighted by Gasteiger charge is -2.13. The number of hydrogen-bond acceptors (Lipinski definition) is 4. The highest BCUT2D eigenvalue weighted by atomic mass is 35.5. The van der Waals surface area contributed by atoms with Gasteiger partial charge in [0.25, 0.3) is 0 Å². The topological polar surface area (TPSA) is 64.8 Å². The maximum Gasteiger partial charge on any atom is 0.160 e. The third-order valence-corrected chi connectivity index (χ3v) is 5.43. The van der Waals surface area contributed by atoms with E-state index in [0.717, 1.165) is 16.9 Å². The van der Waals surface area contributed by atoms with E-state index in [1.54, 1.807) is 0 Å². The number of rotatable bonds is 2. The molecule has 5 nitrogen and oxygen atoms in total. The maximum absolute atomic E-state index is 11.7. The van der Waals surface area contributed by atoms with E-state index in [9.17, 15) is 8.42 Å². The number of sulfone groups is 1. The molecule has 1 aliphatic heterocycles. The lowest BCUT2D eigenvalue weighted by atomic mass is 10.2. The quantitative estimate of drug-likeness (QED) is 0.794. The first-order valence-corrected chi connectivity index (χ1v) is 8.46. The van der Waals surface area contributed by atoms with Gasteiger partial charge in [0, 0.05) is 5.69 Å². The van der Waals surface area contributed by atoms with Crippen molar-refractivity contribution in [3.63, 3.8) is 0 Å². The summed E-state index contributed by atoms with van der Waals surface area (Å²) in [5.41, 5.74) is 2.39. The first-order valence-electron chi connectivity index (χ1n) is 6.11. The Morgan fingerprint density at radius 1 is 1.42 bits per heavy atom. The zero-order chi connectivity index (χ0) is 13.6. The summed E-state index contributed by atoms with van der Waals surface area (Å²) in [5, 5.41) is 0. The zero-order valence-electron chi connectivity index (χ0n) is 10.5. The largest absolute Gasteiger partial charge is 0.308 e. The second-order valence-electron chi connectivity index (χ2n) is 4.88. The molecule has 0 spiro atoms. The minimum Gasteiger partial charge on any atom is -0.308 e. The zero-order valence-corrected chi connectivity index (χ0v) is 12.1. The SMILES string of the molecule is Cc1ccc2nc(CCl)n(C3CCS(=O)(=O)C3)c2n1. The second kappa shape index (κ2) is 4.45. The van der Waals surface area contributed by atoms with E-state index in [0.29, 0.717) is 12.2 Å². The van der Waals surface area contributed by atoms with Crippen molar-refractivity contribution < 1.29 is 8.42 Å². The van der Waals surface area contributed by atoms with E-state index < -0.39 is 9.84 Å². The fourth-order valence-corrected chi connectivity index (χ4v) is 4.46.